The van der Waals surface area contributed by atoms with Crippen molar-refractivity contribution in [3.8, 4) is 22.2 Å². The van der Waals surface area contributed by atoms with Crippen LogP contribution in [-0.2, 0) is 6.61 Å². The van der Waals surface area contributed by atoms with Crippen LogP contribution in [0.4, 0.5) is 5.69 Å². The summed E-state index contributed by atoms with van der Waals surface area (Å²) in [5.41, 5.74) is -0.0769. The minimum absolute atomic E-state index is 0.0343. The predicted molar refractivity (Wildman–Crippen MR) is 81.6 cm³/mol. The van der Waals surface area contributed by atoms with Gasteiger partial charge in [0, 0.05) is 6.07 Å². The highest BCUT2D eigenvalue weighted by Gasteiger charge is 2.14. The predicted octanol–water partition coefficient (Wildman–Crippen LogP) is 3.29. The topological polar surface area (TPSA) is 101 Å². The molecule has 0 N–H and O–H groups in total. The number of hydrogen-bond donors (Lipinski definition) is 0. The van der Waals surface area contributed by atoms with Gasteiger partial charge in [-0.3, -0.25) is 10.1 Å². The Morgan fingerprint density at radius 1 is 1.35 bits per heavy atom. The molecule has 3 rings (SSSR count). The Morgan fingerprint density at radius 3 is 2.91 bits per heavy atom. The van der Waals surface area contributed by atoms with Gasteiger partial charge in [0.25, 0.3) is 11.6 Å². The molecular formula is C14H11N3O5S. The summed E-state index contributed by atoms with van der Waals surface area (Å²) in [4.78, 5) is 15.4. The molecule has 0 aliphatic carbocycles. The molecule has 3 aromatic rings. The van der Waals surface area contributed by atoms with E-state index in [1.807, 2.05) is 17.5 Å². The van der Waals surface area contributed by atoms with Crippen LogP contribution in [0.15, 0.2) is 40.2 Å². The summed E-state index contributed by atoms with van der Waals surface area (Å²) in [6.07, 6.45) is 0. The lowest BCUT2D eigenvalue weighted by Gasteiger charge is -2.08. The number of hydrogen-bond acceptors (Lipinski definition) is 8. The van der Waals surface area contributed by atoms with Gasteiger partial charge in [-0.15, -0.1) is 11.3 Å². The highest BCUT2D eigenvalue weighted by molar-refractivity contribution is 7.13. The number of aromatic nitrogens is 2. The van der Waals surface area contributed by atoms with E-state index in [2.05, 4.69) is 10.1 Å². The van der Waals surface area contributed by atoms with Crippen molar-refractivity contribution in [3.63, 3.8) is 0 Å². The quantitative estimate of drug-likeness (QED) is 0.504. The van der Waals surface area contributed by atoms with Crippen LogP contribution in [-0.4, -0.2) is 22.2 Å². The third-order valence-electron chi connectivity index (χ3n) is 2.92. The second-order valence-electron chi connectivity index (χ2n) is 4.37. The first-order valence-electron chi connectivity index (χ1n) is 6.49. The molecule has 0 saturated carbocycles. The van der Waals surface area contributed by atoms with Crippen LogP contribution in [0.1, 0.15) is 5.89 Å². The molecule has 0 bridgehead atoms. The SMILES string of the molecule is COc1cc([N+](=O)[O-])ccc1OCc1nc(-c2cccs2)no1. The van der Waals surface area contributed by atoms with Crippen molar-refractivity contribution < 1.29 is 18.9 Å². The lowest BCUT2D eigenvalue weighted by atomic mass is 10.3. The number of rotatable bonds is 6. The Labute approximate surface area is 134 Å². The summed E-state index contributed by atoms with van der Waals surface area (Å²) in [5.74, 6) is 1.41. The maximum absolute atomic E-state index is 10.8. The van der Waals surface area contributed by atoms with E-state index in [1.165, 1.54) is 36.6 Å². The first-order valence-corrected chi connectivity index (χ1v) is 7.37. The lowest BCUT2D eigenvalue weighted by Crippen LogP contribution is -1.99. The van der Waals surface area contributed by atoms with Gasteiger partial charge in [0.2, 0.25) is 5.82 Å². The Bertz CT molecular complexity index is 816. The van der Waals surface area contributed by atoms with Crippen LogP contribution in [0.3, 0.4) is 0 Å². The van der Waals surface area contributed by atoms with Gasteiger partial charge in [-0.25, -0.2) is 0 Å². The Hall–Kier alpha value is -2.94. The van der Waals surface area contributed by atoms with Gasteiger partial charge in [-0.1, -0.05) is 11.2 Å². The van der Waals surface area contributed by atoms with Crippen LogP contribution >= 0.6 is 11.3 Å². The van der Waals surface area contributed by atoms with E-state index >= 15 is 0 Å². The van der Waals surface area contributed by atoms with Crippen LogP contribution < -0.4 is 9.47 Å². The molecule has 0 atom stereocenters. The van der Waals surface area contributed by atoms with Gasteiger partial charge in [-0.2, -0.15) is 4.98 Å². The molecule has 0 fully saturated rings. The summed E-state index contributed by atoms with van der Waals surface area (Å²) < 4.78 is 15.8. The molecule has 9 heteroatoms. The molecule has 0 saturated heterocycles. The number of benzene rings is 1. The molecule has 1 aromatic carbocycles. The maximum Gasteiger partial charge on any atom is 0.273 e. The molecule has 0 aliphatic rings. The zero-order valence-electron chi connectivity index (χ0n) is 12.0. The molecule has 0 spiro atoms. The lowest BCUT2D eigenvalue weighted by molar-refractivity contribution is -0.385. The summed E-state index contributed by atoms with van der Waals surface area (Å²) in [5, 5.41) is 16.5. The second-order valence-corrected chi connectivity index (χ2v) is 5.32. The first kappa shape index (κ1) is 15.0. The number of non-ortho nitro benzene ring substituents is 1. The number of nitro groups is 1. The largest absolute Gasteiger partial charge is 0.493 e. The van der Waals surface area contributed by atoms with Crippen molar-refractivity contribution in [2.45, 2.75) is 6.61 Å². The van der Waals surface area contributed by atoms with E-state index in [1.54, 1.807) is 0 Å². The molecule has 0 amide bonds. The highest BCUT2D eigenvalue weighted by Crippen LogP contribution is 2.31. The summed E-state index contributed by atoms with van der Waals surface area (Å²) in [6.45, 7) is 0.0343. The van der Waals surface area contributed by atoms with E-state index in [0.717, 1.165) is 4.88 Å². The van der Waals surface area contributed by atoms with Crippen molar-refractivity contribution in [1.82, 2.24) is 10.1 Å². The van der Waals surface area contributed by atoms with E-state index in [4.69, 9.17) is 14.0 Å². The Morgan fingerprint density at radius 2 is 2.22 bits per heavy atom. The first-order chi connectivity index (χ1) is 11.2. The average molecular weight is 333 g/mol. The smallest absolute Gasteiger partial charge is 0.273 e. The Balaban J connectivity index is 1.72. The molecule has 0 unspecified atom stereocenters. The molecule has 0 radical (unpaired) electrons. The number of nitrogens with zero attached hydrogens (tertiary/aromatic N) is 3. The fourth-order valence-electron chi connectivity index (χ4n) is 1.85. The monoisotopic (exact) mass is 333 g/mol. The molecular weight excluding hydrogens is 322 g/mol. The van der Waals surface area contributed by atoms with Gasteiger partial charge in [0.15, 0.2) is 18.1 Å². The molecule has 23 heavy (non-hydrogen) atoms. The molecule has 8 nitrogen and oxygen atoms in total. The zero-order chi connectivity index (χ0) is 16.2. The number of ether oxygens (including phenoxy) is 2. The third-order valence-corrected chi connectivity index (χ3v) is 3.78. The van der Waals surface area contributed by atoms with E-state index in [9.17, 15) is 10.1 Å². The number of nitro benzene ring substituents is 1. The standard InChI is InChI=1S/C14H11N3O5S/c1-20-11-7-9(17(18)19)4-5-10(11)21-8-13-15-14(16-22-13)12-3-2-6-23-12/h2-7H,8H2,1H3. The Kier molecular flexibility index (Phi) is 4.20. The van der Waals surface area contributed by atoms with Gasteiger partial charge in [0.05, 0.1) is 23.0 Å². The van der Waals surface area contributed by atoms with Gasteiger partial charge >= 0.3 is 0 Å². The van der Waals surface area contributed by atoms with Gasteiger partial charge in [0.1, 0.15) is 0 Å². The van der Waals surface area contributed by atoms with E-state index in [-0.39, 0.29) is 18.0 Å². The van der Waals surface area contributed by atoms with Gasteiger partial charge < -0.3 is 14.0 Å². The van der Waals surface area contributed by atoms with Crippen molar-refractivity contribution in [3.05, 3.63) is 51.7 Å². The normalized spacial score (nSPS) is 10.5. The zero-order valence-corrected chi connectivity index (χ0v) is 12.8. The summed E-state index contributed by atoms with van der Waals surface area (Å²) in [6, 6.07) is 7.88. The summed E-state index contributed by atoms with van der Waals surface area (Å²) >= 11 is 1.50. The van der Waals surface area contributed by atoms with E-state index < -0.39 is 4.92 Å². The average Bonchev–Trinajstić information content (AvgIpc) is 3.23. The van der Waals surface area contributed by atoms with Crippen molar-refractivity contribution in [2.75, 3.05) is 7.11 Å². The van der Waals surface area contributed by atoms with Crippen LogP contribution in [0.5, 0.6) is 11.5 Å². The third kappa shape index (κ3) is 3.29. The fraction of sp³-hybridized carbons (Fsp3) is 0.143. The molecule has 2 aromatic heterocycles. The highest BCUT2D eigenvalue weighted by atomic mass is 32.1. The van der Waals surface area contributed by atoms with Crippen molar-refractivity contribution >= 4 is 17.0 Å². The van der Waals surface area contributed by atoms with Crippen LogP contribution in [0.25, 0.3) is 10.7 Å². The van der Waals surface area contributed by atoms with Crippen LogP contribution in [0.2, 0.25) is 0 Å². The summed E-state index contributed by atoms with van der Waals surface area (Å²) in [7, 11) is 1.41. The minimum Gasteiger partial charge on any atom is -0.493 e. The second kappa shape index (κ2) is 6.44. The number of methoxy groups -OCH3 is 1. The maximum atomic E-state index is 10.8. The van der Waals surface area contributed by atoms with Gasteiger partial charge in [-0.05, 0) is 17.5 Å². The van der Waals surface area contributed by atoms with Crippen molar-refractivity contribution in [2.24, 2.45) is 0 Å². The fourth-order valence-corrected chi connectivity index (χ4v) is 2.50. The number of thiophene rings is 1. The van der Waals surface area contributed by atoms with E-state index in [0.29, 0.717) is 17.5 Å². The molecule has 118 valence electrons. The molecule has 2 heterocycles. The van der Waals surface area contributed by atoms with Crippen LogP contribution in [0, 0.1) is 10.1 Å². The minimum atomic E-state index is -0.502. The van der Waals surface area contributed by atoms with Crippen molar-refractivity contribution in [1.29, 1.82) is 0 Å². The molecule has 0 aliphatic heterocycles.